The van der Waals surface area contributed by atoms with Gasteiger partial charge in [-0.05, 0) is 70.8 Å². The van der Waals surface area contributed by atoms with Crippen molar-refractivity contribution in [3.8, 4) is 0 Å². The number of thioether (sulfide) groups is 4. The Bertz CT molecular complexity index is 1600. The molecule has 0 fully saturated rings. The lowest BCUT2D eigenvalue weighted by Gasteiger charge is -2.06. The minimum atomic E-state index is -4.35. The SMILES string of the molecule is FC(F)(F)c1ccc(C=Cc2ccc3c(c2)SC(=C2Sc4ccc(C=Cc5ccc(C(F)(F)F)cc5)cc4S2)S3)cc1. The van der Waals surface area contributed by atoms with E-state index in [4.69, 9.17) is 0 Å². The summed E-state index contributed by atoms with van der Waals surface area (Å²) in [5.41, 5.74) is 1.99. The van der Waals surface area contributed by atoms with Crippen LogP contribution in [-0.4, -0.2) is 0 Å². The van der Waals surface area contributed by atoms with Gasteiger partial charge in [-0.25, -0.2) is 0 Å². The second kappa shape index (κ2) is 11.6. The standard InChI is InChI=1S/C32H18F6S4/c33-31(34,35)23-11-5-19(6-12-23)1-3-21-9-15-25-27(17-21)41-29(39-25)30-40-26-16-10-22(18-28(26)42-30)4-2-20-7-13-24(14-8-20)32(36,37)38/h1-18H. The van der Waals surface area contributed by atoms with Gasteiger partial charge in [-0.2, -0.15) is 26.3 Å². The summed E-state index contributed by atoms with van der Waals surface area (Å²) in [4.78, 5) is 4.58. The second-order valence-corrected chi connectivity index (χ2v) is 14.0. The number of rotatable bonds is 4. The molecule has 0 saturated carbocycles. The van der Waals surface area contributed by atoms with E-state index >= 15 is 0 Å². The number of benzene rings is 4. The first-order valence-corrected chi connectivity index (χ1v) is 15.7. The summed E-state index contributed by atoms with van der Waals surface area (Å²) in [7, 11) is 0. The van der Waals surface area contributed by atoms with Gasteiger partial charge in [0.25, 0.3) is 0 Å². The highest BCUT2D eigenvalue weighted by atomic mass is 32.2. The summed E-state index contributed by atoms with van der Waals surface area (Å²) < 4.78 is 79.2. The predicted molar refractivity (Wildman–Crippen MR) is 164 cm³/mol. The van der Waals surface area contributed by atoms with E-state index in [0.717, 1.165) is 55.0 Å². The van der Waals surface area contributed by atoms with Crippen molar-refractivity contribution in [2.45, 2.75) is 31.9 Å². The van der Waals surface area contributed by atoms with Gasteiger partial charge in [0, 0.05) is 19.6 Å². The van der Waals surface area contributed by atoms with Crippen LogP contribution in [0.2, 0.25) is 0 Å². The van der Waals surface area contributed by atoms with Crippen molar-refractivity contribution in [3.63, 3.8) is 0 Å². The number of hydrogen-bond acceptors (Lipinski definition) is 4. The van der Waals surface area contributed by atoms with Crippen LogP contribution < -0.4 is 0 Å². The van der Waals surface area contributed by atoms with Gasteiger partial charge in [0.15, 0.2) is 0 Å². The molecule has 212 valence electrons. The molecule has 0 aromatic heterocycles. The van der Waals surface area contributed by atoms with Gasteiger partial charge < -0.3 is 0 Å². The highest BCUT2D eigenvalue weighted by Gasteiger charge is 2.31. The van der Waals surface area contributed by atoms with E-state index in [1.165, 1.54) is 32.7 Å². The van der Waals surface area contributed by atoms with E-state index < -0.39 is 23.5 Å². The van der Waals surface area contributed by atoms with Crippen LogP contribution in [-0.2, 0) is 12.4 Å². The monoisotopic (exact) mass is 644 g/mol. The van der Waals surface area contributed by atoms with E-state index in [2.05, 4.69) is 24.3 Å². The smallest absolute Gasteiger partial charge is 0.166 e. The zero-order chi connectivity index (χ0) is 29.5. The Morgan fingerprint density at radius 1 is 0.381 bits per heavy atom. The molecule has 0 amide bonds. The van der Waals surface area contributed by atoms with Crippen molar-refractivity contribution < 1.29 is 26.3 Å². The van der Waals surface area contributed by atoms with E-state index in [1.807, 2.05) is 24.3 Å². The molecule has 0 atom stereocenters. The highest BCUT2D eigenvalue weighted by Crippen LogP contribution is 2.61. The lowest BCUT2D eigenvalue weighted by Crippen LogP contribution is -2.03. The van der Waals surface area contributed by atoms with Crippen molar-refractivity contribution in [2.24, 2.45) is 0 Å². The fourth-order valence-corrected chi connectivity index (χ4v) is 9.51. The largest absolute Gasteiger partial charge is 0.416 e. The van der Waals surface area contributed by atoms with Crippen LogP contribution in [0, 0.1) is 0 Å². The molecule has 6 rings (SSSR count). The molecular formula is C32H18F6S4. The van der Waals surface area contributed by atoms with Crippen molar-refractivity contribution in [1.82, 2.24) is 0 Å². The molecular weight excluding hydrogens is 627 g/mol. The molecule has 42 heavy (non-hydrogen) atoms. The molecule has 4 aromatic carbocycles. The molecule has 0 aliphatic carbocycles. The lowest BCUT2D eigenvalue weighted by molar-refractivity contribution is -0.138. The quantitative estimate of drug-likeness (QED) is 0.160. The van der Waals surface area contributed by atoms with Crippen LogP contribution in [0.4, 0.5) is 26.3 Å². The number of hydrogen-bond donors (Lipinski definition) is 0. The summed E-state index contributed by atoms with van der Waals surface area (Å²) >= 11 is 6.86. The van der Waals surface area contributed by atoms with Crippen LogP contribution in [0.3, 0.4) is 0 Å². The van der Waals surface area contributed by atoms with E-state index in [-0.39, 0.29) is 0 Å². The number of fused-ring (bicyclic) bond motifs is 2. The Kier molecular flexibility index (Phi) is 8.08. The Morgan fingerprint density at radius 2 is 0.690 bits per heavy atom. The summed E-state index contributed by atoms with van der Waals surface area (Å²) in [6.45, 7) is 0. The fraction of sp³-hybridized carbons (Fsp3) is 0.0625. The fourth-order valence-electron chi connectivity index (χ4n) is 4.14. The van der Waals surface area contributed by atoms with Gasteiger partial charge in [0.05, 0.1) is 19.6 Å². The maximum atomic E-state index is 12.8. The van der Waals surface area contributed by atoms with Gasteiger partial charge in [0.1, 0.15) is 0 Å². The first-order chi connectivity index (χ1) is 20.0. The average Bonchev–Trinajstić information content (AvgIpc) is 3.58. The average molecular weight is 645 g/mol. The summed E-state index contributed by atoms with van der Waals surface area (Å²) in [5.74, 6) is 0. The van der Waals surface area contributed by atoms with Crippen molar-refractivity contribution in [2.75, 3.05) is 0 Å². The third kappa shape index (κ3) is 6.67. The van der Waals surface area contributed by atoms with Crippen molar-refractivity contribution >= 4 is 71.4 Å². The Hall–Kier alpha value is -2.92. The summed E-state index contributed by atoms with van der Waals surface area (Å²) in [6, 6.07) is 22.5. The maximum Gasteiger partial charge on any atom is 0.416 e. The third-order valence-electron chi connectivity index (χ3n) is 6.33. The number of alkyl halides is 6. The van der Waals surface area contributed by atoms with E-state index in [1.54, 1.807) is 59.2 Å². The highest BCUT2D eigenvalue weighted by molar-refractivity contribution is 8.30. The van der Waals surface area contributed by atoms with Crippen LogP contribution in [0.15, 0.2) is 113 Å². The van der Waals surface area contributed by atoms with Crippen LogP contribution >= 0.6 is 47.0 Å². The minimum absolute atomic E-state index is 0.665. The van der Waals surface area contributed by atoms with Crippen molar-refractivity contribution in [1.29, 1.82) is 0 Å². The second-order valence-electron chi connectivity index (χ2n) is 9.30. The van der Waals surface area contributed by atoms with Gasteiger partial charge in [-0.15, -0.1) is 0 Å². The first kappa shape index (κ1) is 29.2. The van der Waals surface area contributed by atoms with Crippen LogP contribution in [0.1, 0.15) is 33.4 Å². The molecule has 0 nitrogen and oxygen atoms in total. The van der Waals surface area contributed by atoms with E-state index in [0.29, 0.717) is 11.1 Å². The molecule has 2 aliphatic rings. The Morgan fingerprint density at radius 3 is 1.05 bits per heavy atom. The van der Waals surface area contributed by atoms with Crippen LogP contribution in [0.25, 0.3) is 24.3 Å². The molecule has 2 heterocycles. The molecule has 4 aromatic rings. The molecule has 2 aliphatic heterocycles. The van der Waals surface area contributed by atoms with Gasteiger partial charge >= 0.3 is 12.4 Å². The van der Waals surface area contributed by atoms with Crippen LogP contribution in [0.5, 0.6) is 0 Å². The summed E-state index contributed by atoms with van der Waals surface area (Å²) in [5, 5.41) is 0. The Labute approximate surface area is 255 Å². The zero-order valence-electron chi connectivity index (χ0n) is 21.3. The molecule has 0 saturated heterocycles. The topological polar surface area (TPSA) is 0 Å². The predicted octanol–water partition coefficient (Wildman–Crippen LogP) is 12.3. The lowest BCUT2D eigenvalue weighted by atomic mass is 10.1. The first-order valence-electron chi connectivity index (χ1n) is 12.5. The Balaban J connectivity index is 1.12. The van der Waals surface area contributed by atoms with E-state index in [9.17, 15) is 26.3 Å². The maximum absolute atomic E-state index is 12.8. The molecule has 0 radical (unpaired) electrons. The van der Waals surface area contributed by atoms with Gasteiger partial charge in [-0.3, -0.25) is 0 Å². The van der Waals surface area contributed by atoms with Gasteiger partial charge in [-0.1, -0.05) is 108 Å². The molecule has 0 spiro atoms. The normalized spacial score (nSPS) is 16.9. The molecule has 0 bridgehead atoms. The number of halogens is 6. The van der Waals surface area contributed by atoms with Gasteiger partial charge in [0.2, 0.25) is 0 Å². The zero-order valence-corrected chi connectivity index (χ0v) is 24.6. The molecule has 0 unspecified atom stereocenters. The molecule has 10 heteroatoms. The third-order valence-corrected chi connectivity index (χ3v) is 11.9. The molecule has 0 N–H and O–H groups in total. The minimum Gasteiger partial charge on any atom is -0.166 e. The van der Waals surface area contributed by atoms with Crippen molar-refractivity contribution in [3.05, 3.63) is 127 Å². The summed E-state index contributed by atoms with van der Waals surface area (Å²) in [6.07, 6.45) is -1.30.